The summed E-state index contributed by atoms with van der Waals surface area (Å²) in [4.78, 5) is 27.8. The van der Waals surface area contributed by atoms with Crippen LogP contribution >= 0.6 is 34.8 Å². The smallest absolute Gasteiger partial charge is 0.311 e. The Bertz CT molecular complexity index is 751. The lowest BCUT2D eigenvalue weighted by atomic mass is 10.1. The summed E-state index contributed by atoms with van der Waals surface area (Å²) in [6.07, 6.45) is 0.382. The maximum absolute atomic E-state index is 12.0. The fourth-order valence-electron chi connectivity index (χ4n) is 1.79. The minimum atomic E-state index is -1.00. The van der Waals surface area contributed by atoms with Crippen molar-refractivity contribution in [2.45, 2.75) is 19.4 Å². The van der Waals surface area contributed by atoms with Crippen molar-refractivity contribution in [3.8, 4) is 0 Å². The third kappa shape index (κ3) is 5.37. The summed E-state index contributed by atoms with van der Waals surface area (Å²) in [5, 5.41) is 3.59. The van der Waals surface area contributed by atoms with Crippen LogP contribution in [0.3, 0.4) is 0 Å². The minimum Gasteiger partial charge on any atom is -0.452 e. The van der Waals surface area contributed by atoms with Gasteiger partial charge in [0.25, 0.3) is 5.91 Å². The third-order valence-electron chi connectivity index (χ3n) is 2.99. The molecule has 0 saturated heterocycles. The summed E-state index contributed by atoms with van der Waals surface area (Å²) in [6, 6.07) is 8.23. The predicted molar refractivity (Wildman–Crippen MR) is 93.6 cm³/mol. The van der Waals surface area contributed by atoms with Gasteiger partial charge in [0, 0.05) is 11.2 Å². The molecule has 2 rings (SSSR count). The number of ether oxygens (including phenoxy) is 1. The number of hydrogen-bond acceptors (Lipinski definition) is 4. The summed E-state index contributed by atoms with van der Waals surface area (Å²) >= 11 is 17.4. The monoisotopic (exact) mass is 386 g/mol. The van der Waals surface area contributed by atoms with Gasteiger partial charge in [0.05, 0.1) is 16.5 Å². The number of nitrogens with one attached hydrogen (secondary N) is 1. The minimum absolute atomic E-state index is 0.0364. The molecule has 1 aromatic heterocycles. The van der Waals surface area contributed by atoms with Crippen LogP contribution in [0.1, 0.15) is 12.5 Å². The zero-order chi connectivity index (χ0) is 17.7. The molecule has 0 aliphatic heterocycles. The van der Waals surface area contributed by atoms with Crippen molar-refractivity contribution in [3.05, 3.63) is 57.2 Å². The van der Waals surface area contributed by atoms with Crippen LogP contribution in [0.4, 0.5) is 5.82 Å². The molecule has 0 aliphatic carbocycles. The van der Waals surface area contributed by atoms with E-state index in [4.69, 9.17) is 39.5 Å². The molecule has 126 valence electrons. The second kappa shape index (κ2) is 8.33. The maximum Gasteiger partial charge on any atom is 0.311 e. The summed E-state index contributed by atoms with van der Waals surface area (Å²) < 4.78 is 5.10. The van der Waals surface area contributed by atoms with E-state index in [9.17, 15) is 9.59 Å². The predicted octanol–water partition coefficient (Wildman–Crippen LogP) is 4.15. The average molecular weight is 388 g/mol. The molecule has 0 radical (unpaired) electrons. The Morgan fingerprint density at radius 2 is 1.83 bits per heavy atom. The lowest BCUT2D eigenvalue weighted by Gasteiger charge is -2.14. The van der Waals surface area contributed by atoms with Gasteiger partial charge in [-0.2, -0.15) is 0 Å². The first-order valence-electron chi connectivity index (χ1n) is 6.91. The van der Waals surface area contributed by atoms with Crippen LogP contribution in [-0.4, -0.2) is 23.0 Å². The number of nitrogens with zero attached hydrogens (tertiary/aromatic N) is 1. The number of benzene rings is 1. The standard InChI is InChI=1S/C16H13Cl3N2O3/c1-9(16(23)21-15-13(19)7-12(18)8-20-15)24-14(22)6-10-2-4-11(17)5-3-10/h2-5,7-9H,6H2,1H3,(H,20,21,23)/t9-/m0/s1. The summed E-state index contributed by atoms with van der Waals surface area (Å²) in [7, 11) is 0. The van der Waals surface area contributed by atoms with E-state index in [1.807, 2.05) is 0 Å². The Labute approximate surface area is 153 Å². The Kier molecular flexibility index (Phi) is 6.43. The highest BCUT2D eigenvalue weighted by atomic mass is 35.5. The first kappa shape index (κ1) is 18.5. The van der Waals surface area contributed by atoms with Crippen LogP contribution in [0.2, 0.25) is 15.1 Å². The van der Waals surface area contributed by atoms with E-state index in [1.165, 1.54) is 19.2 Å². The number of carbonyl (C=O) groups excluding carboxylic acids is 2. The van der Waals surface area contributed by atoms with Gasteiger partial charge in [0.1, 0.15) is 0 Å². The van der Waals surface area contributed by atoms with E-state index in [-0.39, 0.29) is 17.3 Å². The van der Waals surface area contributed by atoms with Crippen LogP contribution in [0.15, 0.2) is 36.5 Å². The number of amides is 1. The van der Waals surface area contributed by atoms with E-state index < -0.39 is 18.0 Å². The molecular formula is C16H13Cl3N2O3. The molecule has 0 aliphatic rings. The van der Waals surface area contributed by atoms with Gasteiger partial charge in [-0.3, -0.25) is 9.59 Å². The van der Waals surface area contributed by atoms with Crippen molar-refractivity contribution >= 4 is 52.5 Å². The van der Waals surface area contributed by atoms with Gasteiger partial charge in [-0.1, -0.05) is 46.9 Å². The number of aromatic nitrogens is 1. The molecule has 0 saturated carbocycles. The second-order valence-electron chi connectivity index (χ2n) is 4.91. The zero-order valence-electron chi connectivity index (χ0n) is 12.6. The van der Waals surface area contributed by atoms with Crippen molar-refractivity contribution in [3.63, 3.8) is 0 Å². The SMILES string of the molecule is C[C@H](OC(=O)Cc1ccc(Cl)cc1)C(=O)Nc1ncc(Cl)cc1Cl. The van der Waals surface area contributed by atoms with Crippen LogP contribution < -0.4 is 5.32 Å². The fourth-order valence-corrected chi connectivity index (χ4v) is 2.34. The molecule has 0 bridgehead atoms. The van der Waals surface area contributed by atoms with E-state index in [2.05, 4.69) is 10.3 Å². The molecular weight excluding hydrogens is 375 g/mol. The highest BCUT2D eigenvalue weighted by Crippen LogP contribution is 2.22. The van der Waals surface area contributed by atoms with Crippen LogP contribution in [-0.2, 0) is 20.7 Å². The second-order valence-corrected chi connectivity index (χ2v) is 6.19. The first-order valence-corrected chi connectivity index (χ1v) is 8.04. The van der Waals surface area contributed by atoms with E-state index in [0.717, 1.165) is 5.56 Å². The Balaban J connectivity index is 1.90. The van der Waals surface area contributed by atoms with Gasteiger partial charge in [0.2, 0.25) is 0 Å². The summed E-state index contributed by atoms with van der Waals surface area (Å²) in [5.74, 6) is -0.932. The summed E-state index contributed by atoms with van der Waals surface area (Å²) in [5.41, 5.74) is 0.736. The molecule has 1 amide bonds. The molecule has 2 aromatic rings. The normalized spacial score (nSPS) is 11.7. The van der Waals surface area contributed by atoms with Crippen LogP contribution in [0.25, 0.3) is 0 Å². The molecule has 1 atom stereocenters. The molecule has 0 spiro atoms. The number of halogens is 3. The Morgan fingerprint density at radius 1 is 1.17 bits per heavy atom. The van der Waals surface area contributed by atoms with Gasteiger partial charge >= 0.3 is 5.97 Å². The lowest BCUT2D eigenvalue weighted by molar-refractivity contribution is -0.152. The van der Waals surface area contributed by atoms with Crippen LogP contribution in [0, 0.1) is 0 Å². The average Bonchev–Trinajstić information content (AvgIpc) is 2.52. The molecule has 8 heteroatoms. The highest BCUT2D eigenvalue weighted by Gasteiger charge is 2.19. The third-order valence-corrected chi connectivity index (χ3v) is 3.74. The Hall–Kier alpha value is -1.82. The maximum atomic E-state index is 12.0. The van der Waals surface area contributed by atoms with Crippen molar-refractivity contribution in [2.75, 3.05) is 5.32 Å². The fraction of sp³-hybridized carbons (Fsp3) is 0.188. The van der Waals surface area contributed by atoms with Crippen molar-refractivity contribution in [1.82, 2.24) is 4.98 Å². The molecule has 24 heavy (non-hydrogen) atoms. The molecule has 1 heterocycles. The number of hydrogen-bond donors (Lipinski definition) is 1. The van der Waals surface area contributed by atoms with Crippen LogP contribution in [0.5, 0.6) is 0 Å². The number of anilines is 1. The van der Waals surface area contributed by atoms with Gasteiger partial charge in [-0.25, -0.2) is 4.98 Å². The van der Waals surface area contributed by atoms with Crippen molar-refractivity contribution < 1.29 is 14.3 Å². The molecule has 5 nitrogen and oxygen atoms in total. The van der Waals surface area contributed by atoms with E-state index in [1.54, 1.807) is 24.3 Å². The van der Waals surface area contributed by atoms with Gasteiger partial charge in [0.15, 0.2) is 11.9 Å². The van der Waals surface area contributed by atoms with E-state index >= 15 is 0 Å². The van der Waals surface area contributed by atoms with Gasteiger partial charge < -0.3 is 10.1 Å². The lowest BCUT2D eigenvalue weighted by Crippen LogP contribution is -2.30. The topological polar surface area (TPSA) is 68.3 Å². The zero-order valence-corrected chi connectivity index (χ0v) is 14.8. The molecule has 1 N–H and O–H groups in total. The number of esters is 1. The summed E-state index contributed by atoms with van der Waals surface area (Å²) in [6.45, 7) is 1.46. The molecule has 0 unspecified atom stereocenters. The van der Waals surface area contributed by atoms with Gasteiger partial charge in [-0.15, -0.1) is 0 Å². The Morgan fingerprint density at radius 3 is 2.46 bits per heavy atom. The first-order chi connectivity index (χ1) is 11.3. The molecule has 1 aromatic carbocycles. The van der Waals surface area contributed by atoms with Crippen molar-refractivity contribution in [1.29, 1.82) is 0 Å². The number of carbonyl (C=O) groups is 2. The highest BCUT2D eigenvalue weighted by molar-refractivity contribution is 6.36. The van der Waals surface area contributed by atoms with Crippen molar-refractivity contribution in [2.24, 2.45) is 0 Å². The largest absolute Gasteiger partial charge is 0.452 e. The van der Waals surface area contributed by atoms with E-state index in [0.29, 0.717) is 10.0 Å². The quantitative estimate of drug-likeness (QED) is 0.782. The number of rotatable bonds is 5. The number of pyridine rings is 1. The molecule has 0 fully saturated rings. The van der Waals surface area contributed by atoms with Gasteiger partial charge in [-0.05, 0) is 30.7 Å².